The molecule has 0 aliphatic carbocycles. The average Bonchev–Trinajstić information content (AvgIpc) is 2.29. The van der Waals surface area contributed by atoms with E-state index in [1.807, 2.05) is 0 Å². The average molecular weight is 275 g/mol. The van der Waals surface area contributed by atoms with Crippen molar-refractivity contribution in [2.75, 3.05) is 32.5 Å². The van der Waals surface area contributed by atoms with Crippen molar-refractivity contribution < 1.29 is 18.4 Å². The highest BCUT2D eigenvalue weighted by Gasteiger charge is 2.29. The van der Waals surface area contributed by atoms with Crippen molar-refractivity contribution in [2.45, 2.75) is 13.8 Å². The predicted octanol–water partition coefficient (Wildman–Crippen LogP) is 2.45. The molecule has 0 saturated carbocycles. The molecular formula is C12H22NO4P. The Morgan fingerprint density at radius 2 is 1.61 bits per heavy atom. The fraction of sp³-hybridized carbons (Fsp3) is 0.583. The van der Waals surface area contributed by atoms with Gasteiger partial charge in [0.2, 0.25) is 5.91 Å². The van der Waals surface area contributed by atoms with Crippen LogP contribution in [0.2, 0.25) is 0 Å². The van der Waals surface area contributed by atoms with Crippen LogP contribution in [0.15, 0.2) is 25.3 Å². The highest BCUT2D eigenvalue weighted by atomic mass is 31.2. The molecule has 0 aromatic carbocycles. The Morgan fingerprint density at radius 3 is 1.94 bits per heavy atom. The van der Waals surface area contributed by atoms with Gasteiger partial charge >= 0.3 is 7.60 Å². The Bertz CT molecular complexity index is 310. The molecule has 0 rings (SSSR count). The third-order valence-corrected chi connectivity index (χ3v) is 3.99. The summed E-state index contributed by atoms with van der Waals surface area (Å²) in [6.07, 6.45) is 2.96. The molecule has 0 aromatic rings. The predicted molar refractivity (Wildman–Crippen MR) is 72.7 cm³/mol. The maximum atomic E-state index is 12.2. The number of rotatable bonds is 10. The van der Waals surface area contributed by atoms with E-state index in [2.05, 4.69) is 13.2 Å². The van der Waals surface area contributed by atoms with E-state index in [0.717, 1.165) is 0 Å². The summed E-state index contributed by atoms with van der Waals surface area (Å²) >= 11 is 0. The summed E-state index contributed by atoms with van der Waals surface area (Å²) in [7, 11) is -3.34. The van der Waals surface area contributed by atoms with Crippen molar-refractivity contribution in [3.63, 3.8) is 0 Å². The van der Waals surface area contributed by atoms with E-state index in [1.165, 1.54) is 4.90 Å². The monoisotopic (exact) mass is 275 g/mol. The molecule has 0 N–H and O–H groups in total. The van der Waals surface area contributed by atoms with Gasteiger partial charge in [0.05, 0.1) is 13.2 Å². The van der Waals surface area contributed by atoms with Crippen LogP contribution < -0.4 is 0 Å². The van der Waals surface area contributed by atoms with Crippen LogP contribution in [-0.2, 0) is 18.4 Å². The number of hydrogen-bond acceptors (Lipinski definition) is 4. The van der Waals surface area contributed by atoms with E-state index in [4.69, 9.17) is 9.05 Å². The lowest BCUT2D eigenvalue weighted by Crippen LogP contribution is -2.33. The Labute approximate surface area is 109 Å². The first-order valence-electron chi connectivity index (χ1n) is 5.90. The quantitative estimate of drug-likeness (QED) is 0.454. The minimum atomic E-state index is -3.34. The van der Waals surface area contributed by atoms with Gasteiger partial charge in [0.15, 0.2) is 0 Å². The Hall–Kier alpha value is -0.900. The van der Waals surface area contributed by atoms with E-state index in [1.54, 1.807) is 26.0 Å². The molecule has 0 unspecified atom stereocenters. The van der Waals surface area contributed by atoms with Crippen LogP contribution in [0.1, 0.15) is 13.8 Å². The maximum Gasteiger partial charge on any atom is 0.340 e. The summed E-state index contributed by atoms with van der Waals surface area (Å²) in [6, 6.07) is 0. The molecule has 0 saturated heterocycles. The second kappa shape index (κ2) is 9.09. The van der Waals surface area contributed by atoms with Gasteiger partial charge in [0.1, 0.15) is 6.16 Å². The van der Waals surface area contributed by atoms with Crippen molar-refractivity contribution >= 4 is 13.5 Å². The van der Waals surface area contributed by atoms with Crippen molar-refractivity contribution in [1.82, 2.24) is 4.90 Å². The largest absolute Gasteiger partial charge is 0.340 e. The number of carbonyl (C=O) groups is 1. The molecule has 0 heterocycles. The van der Waals surface area contributed by atoms with E-state index in [9.17, 15) is 9.36 Å². The van der Waals surface area contributed by atoms with Crippen molar-refractivity contribution in [3.05, 3.63) is 25.3 Å². The molecular weight excluding hydrogens is 253 g/mol. The van der Waals surface area contributed by atoms with Crippen LogP contribution >= 0.6 is 7.60 Å². The van der Waals surface area contributed by atoms with E-state index >= 15 is 0 Å². The van der Waals surface area contributed by atoms with Crippen molar-refractivity contribution in [1.29, 1.82) is 0 Å². The lowest BCUT2D eigenvalue weighted by molar-refractivity contribution is -0.127. The molecule has 18 heavy (non-hydrogen) atoms. The summed E-state index contributed by atoms with van der Waals surface area (Å²) in [4.78, 5) is 13.5. The summed E-state index contributed by atoms with van der Waals surface area (Å²) < 4.78 is 22.4. The van der Waals surface area contributed by atoms with Crippen molar-refractivity contribution in [3.8, 4) is 0 Å². The Balaban J connectivity index is 4.68. The molecule has 104 valence electrons. The van der Waals surface area contributed by atoms with Gasteiger partial charge in [-0.2, -0.15) is 0 Å². The summed E-state index contributed by atoms with van der Waals surface area (Å²) in [5.74, 6) is -0.292. The molecule has 6 heteroatoms. The van der Waals surface area contributed by atoms with Gasteiger partial charge < -0.3 is 13.9 Å². The fourth-order valence-corrected chi connectivity index (χ4v) is 2.95. The molecule has 0 aliphatic heterocycles. The van der Waals surface area contributed by atoms with Gasteiger partial charge in [-0.3, -0.25) is 9.36 Å². The van der Waals surface area contributed by atoms with Gasteiger partial charge in [0, 0.05) is 13.1 Å². The number of hydrogen-bond donors (Lipinski definition) is 0. The lowest BCUT2D eigenvalue weighted by atomic mass is 10.4. The second-order valence-corrected chi connectivity index (χ2v) is 5.54. The lowest BCUT2D eigenvalue weighted by Gasteiger charge is -2.22. The van der Waals surface area contributed by atoms with E-state index < -0.39 is 7.60 Å². The van der Waals surface area contributed by atoms with E-state index in [-0.39, 0.29) is 25.3 Å². The molecule has 0 atom stereocenters. The summed E-state index contributed by atoms with van der Waals surface area (Å²) in [6.45, 7) is 11.8. The molecule has 0 fully saturated rings. The van der Waals surface area contributed by atoms with Crippen LogP contribution in [0.5, 0.6) is 0 Å². The molecule has 5 nitrogen and oxygen atoms in total. The number of amides is 1. The van der Waals surface area contributed by atoms with Gasteiger partial charge in [-0.1, -0.05) is 12.2 Å². The molecule has 0 aromatic heterocycles. The van der Waals surface area contributed by atoms with Crippen LogP contribution in [0.25, 0.3) is 0 Å². The highest BCUT2D eigenvalue weighted by Crippen LogP contribution is 2.47. The second-order valence-electron chi connectivity index (χ2n) is 3.48. The minimum absolute atomic E-state index is 0.244. The van der Waals surface area contributed by atoms with Crippen LogP contribution in [0.3, 0.4) is 0 Å². The van der Waals surface area contributed by atoms with Gasteiger partial charge in [-0.15, -0.1) is 13.2 Å². The van der Waals surface area contributed by atoms with Crippen LogP contribution in [-0.4, -0.2) is 43.3 Å². The number of nitrogens with zero attached hydrogens (tertiary/aromatic N) is 1. The molecule has 0 bridgehead atoms. The Kier molecular flexibility index (Phi) is 8.63. The molecule has 0 aliphatic rings. The zero-order valence-electron chi connectivity index (χ0n) is 11.1. The standard InChI is InChI=1S/C12H22NO4P/c1-5-9-13(10-6-2)12(14)11-18(15,16-7-3)17-8-4/h5-6H,1-2,7-11H2,3-4H3. The normalized spacial score (nSPS) is 11.0. The first kappa shape index (κ1) is 17.1. The minimum Gasteiger partial charge on any atom is -0.335 e. The zero-order chi connectivity index (χ0) is 14.0. The topological polar surface area (TPSA) is 55.8 Å². The van der Waals surface area contributed by atoms with Gasteiger partial charge in [-0.05, 0) is 13.8 Å². The summed E-state index contributed by atoms with van der Waals surface area (Å²) in [5.41, 5.74) is 0. The molecule has 0 radical (unpaired) electrons. The first-order chi connectivity index (χ1) is 8.52. The third-order valence-electron chi connectivity index (χ3n) is 2.03. The SMILES string of the molecule is C=CCN(CC=C)C(=O)CP(=O)(OCC)OCC. The van der Waals surface area contributed by atoms with Crippen LogP contribution in [0.4, 0.5) is 0 Å². The van der Waals surface area contributed by atoms with Gasteiger partial charge in [0.25, 0.3) is 0 Å². The summed E-state index contributed by atoms with van der Waals surface area (Å²) in [5, 5.41) is 0. The van der Waals surface area contributed by atoms with Gasteiger partial charge in [-0.25, -0.2) is 0 Å². The first-order valence-corrected chi connectivity index (χ1v) is 7.63. The van der Waals surface area contributed by atoms with E-state index in [0.29, 0.717) is 13.1 Å². The fourth-order valence-electron chi connectivity index (χ4n) is 1.38. The molecule has 0 spiro atoms. The molecule has 1 amide bonds. The highest BCUT2D eigenvalue weighted by molar-refractivity contribution is 7.54. The zero-order valence-corrected chi connectivity index (χ0v) is 12.0. The smallest absolute Gasteiger partial charge is 0.335 e. The third kappa shape index (κ3) is 6.15. The number of carbonyl (C=O) groups excluding carboxylic acids is 1. The maximum absolute atomic E-state index is 12.2. The Morgan fingerprint density at radius 1 is 1.17 bits per heavy atom. The van der Waals surface area contributed by atoms with Crippen LogP contribution in [0, 0.1) is 0 Å². The van der Waals surface area contributed by atoms with Crippen molar-refractivity contribution in [2.24, 2.45) is 0 Å².